The fourth-order valence-corrected chi connectivity index (χ4v) is 2.07. The number of hydrogen-bond acceptors (Lipinski definition) is 3. The van der Waals surface area contributed by atoms with Crippen LogP contribution >= 0.6 is 0 Å². The molecule has 0 unspecified atom stereocenters. The quantitative estimate of drug-likeness (QED) is 0.776. The molecular formula is C14H26N2O2. The largest absolute Gasteiger partial charge is 0.444 e. The van der Waals surface area contributed by atoms with E-state index in [1.165, 1.54) is 5.70 Å². The van der Waals surface area contributed by atoms with Gasteiger partial charge in [-0.25, -0.2) is 4.79 Å². The van der Waals surface area contributed by atoms with Crippen molar-refractivity contribution < 1.29 is 9.53 Å². The van der Waals surface area contributed by atoms with Gasteiger partial charge in [0.1, 0.15) is 5.60 Å². The highest BCUT2D eigenvalue weighted by Crippen LogP contribution is 2.17. The van der Waals surface area contributed by atoms with E-state index in [0.29, 0.717) is 6.54 Å². The van der Waals surface area contributed by atoms with Crippen LogP contribution in [0.5, 0.6) is 0 Å². The molecule has 18 heavy (non-hydrogen) atoms. The Kier molecular flexibility index (Phi) is 5.05. The minimum atomic E-state index is -0.417. The zero-order chi connectivity index (χ0) is 13.8. The van der Waals surface area contributed by atoms with Crippen molar-refractivity contribution in [2.75, 3.05) is 26.2 Å². The van der Waals surface area contributed by atoms with Crippen molar-refractivity contribution in [2.45, 2.75) is 46.6 Å². The molecule has 1 rings (SSSR count). The van der Waals surface area contributed by atoms with Crippen LogP contribution in [0, 0.1) is 0 Å². The zero-order valence-corrected chi connectivity index (χ0v) is 12.3. The molecule has 1 heterocycles. The van der Waals surface area contributed by atoms with Gasteiger partial charge in [-0.15, -0.1) is 0 Å². The van der Waals surface area contributed by atoms with Crippen LogP contribution < -0.4 is 0 Å². The van der Waals surface area contributed by atoms with Crippen molar-refractivity contribution in [1.29, 1.82) is 0 Å². The van der Waals surface area contributed by atoms with Gasteiger partial charge in [0, 0.05) is 38.3 Å². The summed E-state index contributed by atoms with van der Waals surface area (Å²) in [5, 5.41) is 0. The fourth-order valence-electron chi connectivity index (χ4n) is 2.07. The molecule has 0 saturated carbocycles. The number of nitrogens with zero attached hydrogens (tertiary/aromatic N) is 2. The first kappa shape index (κ1) is 14.9. The molecule has 0 atom stereocenters. The second-order valence-electron chi connectivity index (χ2n) is 5.54. The third-order valence-corrected chi connectivity index (χ3v) is 3.01. The van der Waals surface area contributed by atoms with E-state index in [1.54, 1.807) is 4.90 Å². The van der Waals surface area contributed by atoms with Crippen LogP contribution in [0.1, 0.15) is 41.0 Å². The standard InChI is InChI=1S/C14H26N2O2/c1-6-15(7-2)12-8-10-16(11-9-12)13(17)18-14(3,4)5/h8H,6-7,9-11H2,1-5H3. The number of carbonyl (C=O) groups is 1. The van der Waals surface area contributed by atoms with Crippen molar-refractivity contribution in [2.24, 2.45) is 0 Å². The summed E-state index contributed by atoms with van der Waals surface area (Å²) in [6.45, 7) is 13.4. The summed E-state index contributed by atoms with van der Waals surface area (Å²) in [7, 11) is 0. The van der Waals surface area contributed by atoms with E-state index < -0.39 is 5.60 Å². The van der Waals surface area contributed by atoms with Gasteiger partial charge in [0.15, 0.2) is 0 Å². The molecule has 1 amide bonds. The lowest BCUT2D eigenvalue weighted by Gasteiger charge is -2.33. The van der Waals surface area contributed by atoms with Crippen molar-refractivity contribution >= 4 is 6.09 Å². The van der Waals surface area contributed by atoms with E-state index in [9.17, 15) is 4.79 Å². The molecule has 1 aliphatic heterocycles. The first-order chi connectivity index (χ1) is 8.37. The highest BCUT2D eigenvalue weighted by atomic mass is 16.6. The predicted octanol–water partition coefficient (Wildman–Crippen LogP) is 2.85. The number of ether oxygens (including phenoxy) is 1. The molecule has 4 heteroatoms. The smallest absolute Gasteiger partial charge is 0.410 e. The lowest BCUT2D eigenvalue weighted by Crippen LogP contribution is -2.40. The highest BCUT2D eigenvalue weighted by molar-refractivity contribution is 5.68. The van der Waals surface area contributed by atoms with Crippen LogP contribution in [-0.4, -0.2) is 47.7 Å². The van der Waals surface area contributed by atoms with Gasteiger partial charge in [0.05, 0.1) is 0 Å². The van der Waals surface area contributed by atoms with E-state index in [1.807, 2.05) is 20.8 Å². The maximum Gasteiger partial charge on any atom is 0.410 e. The second kappa shape index (κ2) is 6.12. The summed E-state index contributed by atoms with van der Waals surface area (Å²) in [4.78, 5) is 16.0. The Bertz CT molecular complexity index is 314. The molecule has 104 valence electrons. The zero-order valence-electron chi connectivity index (χ0n) is 12.3. The fraction of sp³-hybridized carbons (Fsp3) is 0.786. The lowest BCUT2D eigenvalue weighted by molar-refractivity contribution is 0.0260. The molecule has 0 spiro atoms. The molecule has 4 nitrogen and oxygen atoms in total. The van der Waals surface area contributed by atoms with Gasteiger partial charge in [-0.05, 0) is 40.7 Å². The Hall–Kier alpha value is -1.19. The first-order valence-electron chi connectivity index (χ1n) is 6.79. The van der Waals surface area contributed by atoms with E-state index in [4.69, 9.17) is 4.74 Å². The van der Waals surface area contributed by atoms with Crippen molar-refractivity contribution in [1.82, 2.24) is 9.80 Å². The van der Waals surface area contributed by atoms with E-state index in [0.717, 1.165) is 26.1 Å². The van der Waals surface area contributed by atoms with Crippen LogP contribution in [0.2, 0.25) is 0 Å². The molecule has 0 saturated heterocycles. The average molecular weight is 254 g/mol. The van der Waals surface area contributed by atoms with Gasteiger partial charge in [-0.3, -0.25) is 0 Å². The highest BCUT2D eigenvalue weighted by Gasteiger charge is 2.24. The Balaban J connectivity index is 2.54. The lowest BCUT2D eigenvalue weighted by atomic mass is 10.1. The number of rotatable bonds is 3. The van der Waals surface area contributed by atoms with E-state index >= 15 is 0 Å². The summed E-state index contributed by atoms with van der Waals surface area (Å²) >= 11 is 0. The minimum Gasteiger partial charge on any atom is -0.444 e. The van der Waals surface area contributed by atoms with Gasteiger partial charge in [0.2, 0.25) is 0 Å². The molecule has 0 aromatic heterocycles. The minimum absolute atomic E-state index is 0.211. The number of carbonyl (C=O) groups excluding carboxylic acids is 1. The van der Waals surface area contributed by atoms with Gasteiger partial charge >= 0.3 is 6.09 Å². The average Bonchev–Trinajstić information content (AvgIpc) is 2.29. The molecular weight excluding hydrogens is 228 g/mol. The van der Waals surface area contributed by atoms with Crippen molar-refractivity contribution in [3.63, 3.8) is 0 Å². The van der Waals surface area contributed by atoms with Crippen LogP contribution in [-0.2, 0) is 4.74 Å². The molecule has 0 bridgehead atoms. The van der Waals surface area contributed by atoms with Gasteiger partial charge < -0.3 is 14.5 Å². The molecule has 0 fully saturated rings. The Morgan fingerprint density at radius 2 is 2.00 bits per heavy atom. The van der Waals surface area contributed by atoms with Crippen LogP contribution in [0.3, 0.4) is 0 Å². The van der Waals surface area contributed by atoms with Crippen LogP contribution in [0.25, 0.3) is 0 Å². The SMILES string of the molecule is CCN(CC)C1=CCN(C(=O)OC(C)(C)C)CC1. The summed E-state index contributed by atoms with van der Waals surface area (Å²) in [5.74, 6) is 0. The van der Waals surface area contributed by atoms with Crippen molar-refractivity contribution in [3.05, 3.63) is 11.8 Å². The monoisotopic (exact) mass is 254 g/mol. The number of hydrogen-bond donors (Lipinski definition) is 0. The van der Waals surface area contributed by atoms with Crippen molar-refractivity contribution in [3.8, 4) is 0 Å². The Labute approximate surface area is 111 Å². The predicted molar refractivity (Wildman–Crippen MR) is 73.4 cm³/mol. The summed E-state index contributed by atoms with van der Waals surface area (Å²) in [5.41, 5.74) is 0.930. The first-order valence-corrected chi connectivity index (χ1v) is 6.79. The number of amides is 1. The topological polar surface area (TPSA) is 32.8 Å². The molecule has 0 N–H and O–H groups in total. The molecule has 0 aromatic rings. The molecule has 0 aromatic carbocycles. The third kappa shape index (κ3) is 4.24. The van der Waals surface area contributed by atoms with Crippen LogP contribution in [0.15, 0.2) is 11.8 Å². The maximum absolute atomic E-state index is 11.9. The normalized spacial score (nSPS) is 16.3. The summed E-state index contributed by atoms with van der Waals surface area (Å²) < 4.78 is 5.37. The van der Waals surface area contributed by atoms with Gasteiger partial charge in [-0.1, -0.05) is 0 Å². The van der Waals surface area contributed by atoms with E-state index in [-0.39, 0.29) is 6.09 Å². The van der Waals surface area contributed by atoms with E-state index in [2.05, 4.69) is 24.8 Å². The Morgan fingerprint density at radius 1 is 1.39 bits per heavy atom. The molecule has 1 aliphatic rings. The maximum atomic E-state index is 11.9. The molecule has 0 aliphatic carbocycles. The van der Waals surface area contributed by atoms with Gasteiger partial charge in [0.25, 0.3) is 0 Å². The summed E-state index contributed by atoms with van der Waals surface area (Å²) in [6.07, 6.45) is 2.85. The second-order valence-corrected chi connectivity index (χ2v) is 5.54. The Morgan fingerprint density at radius 3 is 2.39 bits per heavy atom. The molecule has 0 radical (unpaired) electrons. The third-order valence-electron chi connectivity index (χ3n) is 3.01. The van der Waals surface area contributed by atoms with Crippen LogP contribution in [0.4, 0.5) is 4.79 Å². The van der Waals surface area contributed by atoms with Gasteiger partial charge in [-0.2, -0.15) is 0 Å². The summed E-state index contributed by atoms with van der Waals surface area (Å²) in [6, 6.07) is 0.